The van der Waals surface area contributed by atoms with Gasteiger partial charge in [-0.1, -0.05) is 11.6 Å². The molecule has 3 heterocycles. The summed E-state index contributed by atoms with van der Waals surface area (Å²) in [4.78, 5) is 16.1. The summed E-state index contributed by atoms with van der Waals surface area (Å²) < 4.78 is 11.1. The predicted octanol–water partition coefficient (Wildman–Crippen LogP) is 1.03. The van der Waals surface area contributed by atoms with Crippen LogP contribution in [0.5, 0.6) is 5.75 Å². The number of aromatic amines is 1. The Morgan fingerprint density at radius 2 is 2.33 bits per heavy atom. The number of rotatable bonds is 4. The van der Waals surface area contributed by atoms with E-state index in [2.05, 4.69) is 20.5 Å². The molecule has 0 saturated carbocycles. The topological polar surface area (TPSA) is 89.1 Å². The van der Waals surface area contributed by atoms with Crippen LogP contribution in [0.1, 0.15) is 10.4 Å². The molecule has 0 bridgehead atoms. The van der Waals surface area contributed by atoms with Crippen molar-refractivity contribution < 1.29 is 14.3 Å². The lowest BCUT2D eigenvalue weighted by Gasteiger charge is -2.19. The number of nitrogens with zero attached hydrogens (tertiary/aromatic N) is 2. The third-order valence-corrected chi connectivity index (χ3v) is 3.28. The highest BCUT2D eigenvalue weighted by Crippen LogP contribution is 2.16. The fraction of sp³-hybridized carbons (Fsp3) is 0.308. The molecule has 1 amide bonds. The highest BCUT2D eigenvalue weighted by Gasteiger charge is 2.32. The molecule has 110 valence electrons. The third kappa shape index (κ3) is 3.32. The molecule has 7 nitrogen and oxygen atoms in total. The van der Waals surface area contributed by atoms with Crippen molar-refractivity contribution >= 4 is 17.5 Å². The summed E-state index contributed by atoms with van der Waals surface area (Å²) in [7, 11) is 0. The van der Waals surface area contributed by atoms with Gasteiger partial charge in [-0.2, -0.15) is 5.10 Å². The zero-order chi connectivity index (χ0) is 14.7. The van der Waals surface area contributed by atoms with E-state index in [9.17, 15) is 4.79 Å². The maximum absolute atomic E-state index is 12.2. The molecular weight excluding hydrogens is 296 g/mol. The van der Waals surface area contributed by atoms with Crippen LogP contribution in [0.15, 0.2) is 30.9 Å². The highest BCUT2D eigenvalue weighted by atomic mass is 35.5. The van der Waals surface area contributed by atoms with Crippen molar-refractivity contribution in [3.05, 3.63) is 41.4 Å². The average molecular weight is 309 g/mol. The molecule has 1 saturated heterocycles. The summed E-state index contributed by atoms with van der Waals surface area (Å²) in [5.41, 5.74) is 0.400. The predicted molar refractivity (Wildman–Crippen MR) is 74.3 cm³/mol. The van der Waals surface area contributed by atoms with Crippen LogP contribution in [0, 0.1) is 0 Å². The largest absolute Gasteiger partial charge is 0.482 e. The van der Waals surface area contributed by atoms with Crippen molar-refractivity contribution in [2.75, 3.05) is 13.2 Å². The second-order valence-corrected chi connectivity index (χ2v) is 5.04. The molecule has 0 aliphatic carbocycles. The van der Waals surface area contributed by atoms with Gasteiger partial charge in [-0.25, -0.2) is 0 Å². The second-order valence-electron chi connectivity index (χ2n) is 4.60. The number of amides is 1. The van der Waals surface area contributed by atoms with E-state index in [4.69, 9.17) is 21.1 Å². The number of aromatic nitrogens is 3. The maximum Gasteiger partial charge on any atom is 0.253 e. The van der Waals surface area contributed by atoms with Gasteiger partial charge >= 0.3 is 0 Å². The van der Waals surface area contributed by atoms with E-state index in [0.717, 1.165) is 0 Å². The van der Waals surface area contributed by atoms with Gasteiger partial charge in [0.15, 0.2) is 5.75 Å². The zero-order valence-electron chi connectivity index (χ0n) is 11.0. The van der Waals surface area contributed by atoms with Crippen LogP contribution in [0.2, 0.25) is 5.02 Å². The second kappa shape index (κ2) is 6.11. The molecule has 2 atom stereocenters. The van der Waals surface area contributed by atoms with Crippen LogP contribution < -0.4 is 10.1 Å². The summed E-state index contributed by atoms with van der Waals surface area (Å²) in [5.74, 6) is 0.343. The van der Waals surface area contributed by atoms with Gasteiger partial charge in [-0.05, 0) is 6.07 Å². The van der Waals surface area contributed by atoms with Crippen LogP contribution in [0.25, 0.3) is 0 Å². The van der Waals surface area contributed by atoms with Gasteiger partial charge in [0.1, 0.15) is 6.10 Å². The Labute approximate surface area is 125 Å². The van der Waals surface area contributed by atoms with Gasteiger partial charge in [0, 0.05) is 12.4 Å². The fourth-order valence-electron chi connectivity index (χ4n) is 2.05. The van der Waals surface area contributed by atoms with Crippen LogP contribution >= 0.6 is 11.6 Å². The molecule has 1 aliphatic rings. The van der Waals surface area contributed by atoms with Crippen molar-refractivity contribution in [3.63, 3.8) is 0 Å². The molecule has 3 rings (SSSR count). The van der Waals surface area contributed by atoms with Crippen LogP contribution in [0.4, 0.5) is 0 Å². The van der Waals surface area contributed by atoms with Crippen LogP contribution in [-0.4, -0.2) is 46.4 Å². The number of carbonyl (C=O) groups excluding carboxylic acids is 1. The van der Waals surface area contributed by atoms with E-state index in [1.54, 1.807) is 18.5 Å². The number of hydrogen-bond acceptors (Lipinski definition) is 5. The minimum atomic E-state index is -0.265. The Kier molecular flexibility index (Phi) is 4.03. The van der Waals surface area contributed by atoms with Crippen LogP contribution in [0.3, 0.4) is 0 Å². The molecule has 0 spiro atoms. The number of ether oxygens (including phenoxy) is 2. The first kappa shape index (κ1) is 13.8. The summed E-state index contributed by atoms with van der Waals surface area (Å²) in [6, 6.07) is 1.32. The molecule has 1 fully saturated rings. The van der Waals surface area contributed by atoms with Gasteiger partial charge in [0.25, 0.3) is 5.91 Å². The molecule has 21 heavy (non-hydrogen) atoms. The number of halogens is 1. The Morgan fingerprint density at radius 1 is 1.43 bits per heavy atom. The quantitative estimate of drug-likeness (QED) is 0.881. The molecule has 2 aromatic rings. The SMILES string of the molecule is O=C(N[C@H]1COC[C@H]1Oc1cn[nH]c1)c1cncc(Cl)c1. The Balaban J connectivity index is 1.64. The average Bonchev–Trinajstić information content (AvgIpc) is 3.12. The van der Waals surface area contributed by atoms with Crippen molar-refractivity contribution in [2.24, 2.45) is 0 Å². The molecule has 0 radical (unpaired) electrons. The normalized spacial score (nSPS) is 21.2. The number of nitrogens with one attached hydrogen (secondary N) is 2. The van der Waals surface area contributed by atoms with Crippen molar-refractivity contribution in [2.45, 2.75) is 12.1 Å². The lowest BCUT2D eigenvalue weighted by Crippen LogP contribution is -2.45. The molecule has 2 N–H and O–H groups in total. The third-order valence-electron chi connectivity index (χ3n) is 3.07. The minimum absolute atomic E-state index is 0.244. The molecule has 0 aromatic carbocycles. The van der Waals surface area contributed by atoms with Crippen molar-refractivity contribution in [1.82, 2.24) is 20.5 Å². The first-order chi connectivity index (χ1) is 10.2. The minimum Gasteiger partial charge on any atom is -0.482 e. The van der Waals surface area contributed by atoms with E-state index in [1.807, 2.05) is 0 Å². The zero-order valence-corrected chi connectivity index (χ0v) is 11.7. The lowest BCUT2D eigenvalue weighted by atomic mass is 10.2. The number of pyridine rings is 1. The van der Waals surface area contributed by atoms with Gasteiger partial charge in [0.2, 0.25) is 0 Å². The fourth-order valence-corrected chi connectivity index (χ4v) is 2.23. The standard InChI is InChI=1S/C13H13ClN4O3/c14-9-1-8(2-15-3-9)13(19)18-11-6-20-7-12(11)21-10-4-16-17-5-10/h1-5,11-12H,6-7H2,(H,16,17)(H,18,19)/t11-,12+/m0/s1. The number of carbonyl (C=O) groups is 1. The Morgan fingerprint density at radius 3 is 3.10 bits per heavy atom. The van der Waals surface area contributed by atoms with Crippen LogP contribution in [-0.2, 0) is 4.74 Å². The summed E-state index contributed by atoms with van der Waals surface area (Å²) in [6.45, 7) is 0.798. The molecule has 1 aliphatic heterocycles. The molecule has 2 aromatic heterocycles. The van der Waals surface area contributed by atoms with Crippen molar-refractivity contribution in [1.29, 1.82) is 0 Å². The molecular formula is C13H13ClN4O3. The lowest BCUT2D eigenvalue weighted by molar-refractivity contribution is 0.0904. The van der Waals surface area contributed by atoms with E-state index >= 15 is 0 Å². The van der Waals surface area contributed by atoms with Gasteiger partial charge in [-0.3, -0.25) is 14.9 Å². The van der Waals surface area contributed by atoms with Gasteiger partial charge in [-0.15, -0.1) is 0 Å². The molecule has 8 heteroatoms. The first-order valence-electron chi connectivity index (χ1n) is 6.37. The van der Waals surface area contributed by atoms with Crippen molar-refractivity contribution in [3.8, 4) is 5.75 Å². The van der Waals surface area contributed by atoms with Gasteiger partial charge in [0.05, 0.1) is 42.2 Å². The highest BCUT2D eigenvalue weighted by molar-refractivity contribution is 6.30. The number of H-pyrrole nitrogens is 1. The Bertz CT molecular complexity index is 620. The monoisotopic (exact) mass is 308 g/mol. The molecule has 0 unspecified atom stereocenters. The summed E-state index contributed by atoms with van der Waals surface area (Å²) >= 11 is 5.83. The first-order valence-corrected chi connectivity index (χ1v) is 6.75. The Hall–Kier alpha value is -2.12. The van der Waals surface area contributed by atoms with Gasteiger partial charge < -0.3 is 14.8 Å². The van der Waals surface area contributed by atoms with E-state index in [-0.39, 0.29) is 18.1 Å². The maximum atomic E-state index is 12.2. The van der Waals surface area contributed by atoms with E-state index in [0.29, 0.717) is 29.5 Å². The number of hydrogen-bond donors (Lipinski definition) is 2. The van der Waals surface area contributed by atoms with E-state index in [1.165, 1.54) is 12.4 Å². The van der Waals surface area contributed by atoms with E-state index < -0.39 is 0 Å². The summed E-state index contributed by atoms with van der Waals surface area (Å²) in [6.07, 6.45) is 5.87. The summed E-state index contributed by atoms with van der Waals surface area (Å²) in [5, 5.41) is 9.75. The smallest absolute Gasteiger partial charge is 0.253 e.